The van der Waals surface area contributed by atoms with E-state index >= 15 is 0 Å². The second-order valence-corrected chi connectivity index (χ2v) is 11.7. The molecule has 0 aromatic heterocycles. The lowest BCUT2D eigenvalue weighted by atomic mass is 10.1. The zero-order valence-corrected chi connectivity index (χ0v) is 25.1. The highest BCUT2D eigenvalue weighted by Gasteiger charge is 2.29. The van der Waals surface area contributed by atoms with E-state index in [4.69, 9.17) is 23.2 Å². The van der Waals surface area contributed by atoms with Crippen molar-refractivity contribution in [2.24, 2.45) is 0 Å². The van der Waals surface area contributed by atoms with Gasteiger partial charge < -0.3 is 9.80 Å². The van der Waals surface area contributed by atoms with Crippen molar-refractivity contribution in [2.45, 2.75) is 43.5 Å². The fourth-order valence-corrected chi connectivity index (χ4v) is 5.46. The van der Waals surface area contributed by atoms with E-state index in [1.54, 1.807) is 12.1 Å². The molecule has 6 heteroatoms. The lowest BCUT2D eigenvalue weighted by Gasteiger charge is -2.43. The quantitative estimate of drug-likeness (QED) is 0.150. The fourth-order valence-electron chi connectivity index (χ4n) is 4.30. The molecule has 204 valence electrons. The number of halogens is 2. The maximum absolute atomic E-state index is 5.58. The smallest absolute Gasteiger partial charge is 0.0592 e. The molecule has 0 unspecified atom stereocenters. The van der Waals surface area contributed by atoms with Gasteiger partial charge in [-0.2, -0.15) is 0 Å². The summed E-state index contributed by atoms with van der Waals surface area (Å²) in [6.07, 6.45) is 4.94. The summed E-state index contributed by atoms with van der Waals surface area (Å²) in [6, 6.07) is 29.1. The molecule has 0 amide bonds. The normalized spacial score (nSPS) is 13.5. The Morgan fingerprint density at radius 3 is 1.97 bits per heavy atom. The van der Waals surface area contributed by atoms with Crippen LogP contribution in [0.4, 0.5) is 0 Å². The van der Waals surface area contributed by atoms with Crippen LogP contribution < -0.4 is 0 Å². The third-order valence-electron chi connectivity index (χ3n) is 6.69. The zero-order chi connectivity index (χ0) is 27.2. The van der Waals surface area contributed by atoms with Gasteiger partial charge in [0.15, 0.2) is 0 Å². The van der Waals surface area contributed by atoms with Crippen LogP contribution in [0.1, 0.15) is 38.2 Å². The lowest BCUT2D eigenvalue weighted by molar-refractivity contribution is 0.0927. The molecular weight excluding hydrogens is 529 g/mol. The predicted molar refractivity (Wildman–Crippen MR) is 168 cm³/mol. The van der Waals surface area contributed by atoms with Gasteiger partial charge in [-0.1, -0.05) is 104 Å². The van der Waals surface area contributed by atoms with Crippen molar-refractivity contribution in [3.63, 3.8) is 0 Å². The van der Waals surface area contributed by atoms with Crippen molar-refractivity contribution >= 4 is 40.8 Å². The number of nitrogens with zero attached hydrogens (tertiary/aromatic N) is 3. The molecule has 0 aliphatic carbocycles. The van der Waals surface area contributed by atoms with Crippen molar-refractivity contribution in [1.82, 2.24) is 14.1 Å². The van der Waals surface area contributed by atoms with E-state index in [-0.39, 0.29) is 0 Å². The Morgan fingerprint density at radius 2 is 1.39 bits per heavy atom. The van der Waals surface area contributed by atoms with Crippen LogP contribution >= 0.6 is 35.1 Å². The third-order valence-corrected chi connectivity index (χ3v) is 8.52. The molecule has 0 saturated carbocycles. The molecule has 1 aliphatic heterocycles. The summed E-state index contributed by atoms with van der Waals surface area (Å²) in [5, 5.41) is 1.21. The molecule has 3 nitrogen and oxygen atoms in total. The van der Waals surface area contributed by atoms with E-state index in [2.05, 4.69) is 95.3 Å². The first kappa shape index (κ1) is 30.6. The SMILES string of the molecule is C=C(c1ccccc1)N(CCCC)CCCCN1CC(N(C)Sc2ccccc2)C1.Clc1ccccc1Cl. The Kier molecular flexibility index (Phi) is 13.6. The van der Waals surface area contributed by atoms with Crippen LogP contribution in [-0.2, 0) is 0 Å². The van der Waals surface area contributed by atoms with Gasteiger partial charge in [-0.3, -0.25) is 0 Å². The molecule has 1 fully saturated rings. The van der Waals surface area contributed by atoms with Gasteiger partial charge in [0.2, 0.25) is 0 Å². The molecule has 1 saturated heterocycles. The van der Waals surface area contributed by atoms with Crippen LogP contribution in [0.3, 0.4) is 0 Å². The van der Waals surface area contributed by atoms with Crippen molar-refractivity contribution in [3.8, 4) is 0 Å². The standard InChI is InChI=1S/C26H37N3S.C6H4Cl2/c1-4-5-19-29(23(2)24-14-8-6-9-15-24)20-13-12-18-28-21-25(22-28)27(3)30-26-16-10-7-11-17-26;7-5-3-1-2-4-6(5)8/h6-11,14-17,25H,2,4-5,12-13,18-22H2,1,3H3;1-4H. The van der Waals surface area contributed by atoms with E-state index in [0.29, 0.717) is 16.1 Å². The van der Waals surface area contributed by atoms with Gasteiger partial charge in [0, 0.05) is 42.8 Å². The number of unbranched alkanes of at least 4 members (excludes halogenated alkanes) is 2. The topological polar surface area (TPSA) is 9.72 Å². The van der Waals surface area contributed by atoms with E-state index < -0.39 is 0 Å². The first-order chi connectivity index (χ1) is 18.5. The zero-order valence-electron chi connectivity index (χ0n) is 22.7. The summed E-state index contributed by atoms with van der Waals surface area (Å²) in [7, 11) is 2.22. The number of likely N-dealkylation sites (N-methyl/N-ethyl adjacent to an activating group) is 1. The van der Waals surface area contributed by atoms with Gasteiger partial charge in [0.25, 0.3) is 0 Å². The Morgan fingerprint density at radius 1 is 0.842 bits per heavy atom. The van der Waals surface area contributed by atoms with E-state index in [0.717, 1.165) is 13.1 Å². The van der Waals surface area contributed by atoms with Gasteiger partial charge in [-0.05, 0) is 74.6 Å². The average Bonchev–Trinajstić information content (AvgIpc) is 2.92. The summed E-state index contributed by atoms with van der Waals surface area (Å²) < 4.78 is 2.42. The summed E-state index contributed by atoms with van der Waals surface area (Å²) in [5.74, 6) is 0. The van der Waals surface area contributed by atoms with Gasteiger partial charge in [0.05, 0.1) is 10.0 Å². The molecule has 0 bridgehead atoms. The number of hydrogen-bond donors (Lipinski definition) is 0. The Hall–Kier alpha value is -1.95. The molecule has 0 radical (unpaired) electrons. The molecule has 0 N–H and O–H groups in total. The second-order valence-electron chi connectivity index (χ2n) is 9.64. The first-order valence-electron chi connectivity index (χ1n) is 13.6. The maximum Gasteiger partial charge on any atom is 0.0592 e. The monoisotopic (exact) mass is 569 g/mol. The highest BCUT2D eigenvalue weighted by molar-refractivity contribution is 7.97. The highest BCUT2D eigenvalue weighted by atomic mass is 35.5. The van der Waals surface area contributed by atoms with Crippen LogP contribution in [0.15, 0.2) is 96.4 Å². The van der Waals surface area contributed by atoms with Gasteiger partial charge in [0.1, 0.15) is 0 Å². The summed E-state index contributed by atoms with van der Waals surface area (Å²) in [5.41, 5.74) is 2.42. The van der Waals surface area contributed by atoms with Crippen LogP contribution in [-0.4, -0.2) is 59.9 Å². The van der Waals surface area contributed by atoms with Crippen molar-refractivity contribution in [2.75, 3.05) is 39.8 Å². The van der Waals surface area contributed by atoms with E-state index in [1.807, 2.05) is 24.1 Å². The van der Waals surface area contributed by atoms with E-state index in [1.165, 1.54) is 61.5 Å². The second kappa shape index (κ2) is 16.9. The lowest BCUT2D eigenvalue weighted by Crippen LogP contribution is -2.56. The van der Waals surface area contributed by atoms with Crippen molar-refractivity contribution in [3.05, 3.63) is 107 Å². The molecule has 3 aromatic rings. The number of hydrogen-bond acceptors (Lipinski definition) is 4. The average molecular weight is 571 g/mol. The third kappa shape index (κ3) is 10.3. The minimum atomic E-state index is 0.606. The van der Waals surface area contributed by atoms with Crippen LogP contribution in [0.25, 0.3) is 5.70 Å². The Labute approximate surface area is 244 Å². The molecule has 0 spiro atoms. The molecule has 3 aromatic carbocycles. The van der Waals surface area contributed by atoms with Gasteiger partial charge >= 0.3 is 0 Å². The molecule has 0 atom stereocenters. The fraction of sp³-hybridized carbons (Fsp3) is 0.375. The van der Waals surface area contributed by atoms with Crippen molar-refractivity contribution in [1.29, 1.82) is 0 Å². The highest BCUT2D eigenvalue weighted by Crippen LogP contribution is 2.27. The Bertz CT molecular complexity index is 1050. The van der Waals surface area contributed by atoms with Crippen LogP contribution in [0, 0.1) is 0 Å². The minimum Gasteiger partial charge on any atom is -0.372 e. The largest absolute Gasteiger partial charge is 0.372 e. The molecule has 1 heterocycles. The summed E-state index contributed by atoms with van der Waals surface area (Å²) in [4.78, 5) is 6.40. The number of likely N-dealkylation sites (tertiary alicyclic amines) is 1. The van der Waals surface area contributed by atoms with Gasteiger partial charge in [-0.25, -0.2) is 4.31 Å². The molecular formula is C32H41Cl2N3S. The van der Waals surface area contributed by atoms with Crippen LogP contribution in [0.2, 0.25) is 10.0 Å². The first-order valence-corrected chi connectivity index (χ1v) is 15.1. The summed E-state index contributed by atoms with van der Waals surface area (Å²) in [6.45, 7) is 12.4. The maximum atomic E-state index is 5.58. The molecule has 1 aliphatic rings. The Balaban J connectivity index is 0.000000427. The number of rotatable bonds is 13. The van der Waals surface area contributed by atoms with Crippen molar-refractivity contribution < 1.29 is 0 Å². The van der Waals surface area contributed by atoms with Gasteiger partial charge in [-0.15, -0.1) is 0 Å². The van der Waals surface area contributed by atoms with Crippen LogP contribution in [0.5, 0.6) is 0 Å². The molecule has 4 rings (SSSR count). The molecule has 38 heavy (non-hydrogen) atoms. The number of benzene rings is 3. The van der Waals surface area contributed by atoms with E-state index in [9.17, 15) is 0 Å². The minimum absolute atomic E-state index is 0.606. The predicted octanol–water partition coefficient (Wildman–Crippen LogP) is 8.86. The summed E-state index contributed by atoms with van der Waals surface area (Å²) >= 11 is 13.0.